The molecule has 3 heteroatoms. The van der Waals surface area contributed by atoms with E-state index in [4.69, 9.17) is 0 Å². The predicted molar refractivity (Wildman–Crippen MR) is 74.7 cm³/mol. The summed E-state index contributed by atoms with van der Waals surface area (Å²) >= 11 is 3.43. The zero-order valence-corrected chi connectivity index (χ0v) is 12.2. The van der Waals surface area contributed by atoms with Crippen LogP contribution in [-0.2, 0) is 6.42 Å². The molecule has 0 fully saturated rings. The SMILES string of the molecule is CCCNCC(CC)Cc1ccc(F)cc1Br. The quantitative estimate of drug-likeness (QED) is 0.746. The molecule has 0 amide bonds. The molecule has 0 spiro atoms. The fourth-order valence-electron chi connectivity index (χ4n) is 1.84. The van der Waals surface area contributed by atoms with Crippen LogP contribution in [-0.4, -0.2) is 13.1 Å². The van der Waals surface area contributed by atoms with Crippen LogP contribution in [0.2, 0.25) is 0 Å². The summed E-state index contributed by atoms with van der Waals surface area (Å²) in [4.78, 5) is 0. The van der Waals surface area contributed by atoms with Gasteiger partial charge in [-0.1, -0.05) is 42.3 Å². The Kier molecular flexibility index (Phi) is 6.75. The highest BCUT2D eigenvalue weighted by molar-refractivity contribution is 9.10. The Hall–Kier alpha value is -0.410. The van der Waals surface area contributed by atoms with Crippen molar-refractivity contribution in [3.05, 3.63) is 34.1 Å². The van der Waals surface area contributed by atoms with Crippen molar-refractivity contribution >= 4 is 15.9 Å². The minimum Gasteiger partial charge on any atom is -0.316 e. The predicted octanol–water partition coefficient (Wildman–Crippen LogP) is 4.16. The first-order valence-corrected chi connectivity index (χ1v) is 7.11. The molecule has 0 radical (unpaired) electrons. The molecule has 1 N–H and O–H groups in total. The fraction of sp³-hybridized carbons (Fsp3) is 0.571. The maximum absolute atomic E-state index is 13.0. The van der Waals surface area contributed by atoms with Crippen molar-refractivity contribution < 1.29 is 4.39 Å². The van der Waals surface area contributed by atoms with Gasteiger partial charge in [0.25, 0.3) is 0 Å². The van der Waals surface area contributed by atoms with E-state index in [0.29, 0.717) is 5.92 Å². The lowest BCUT2D eigenvalue weighted by Gasteiger charge is -2.16. The van der Waals surface area contributed by atoms with Crippen molar-refractivity contribution in [3.8, 4) is 0 Å². The van der Waals surface area contributed by atoms with Gasteiger partial charge in [0.2, 0.25) is 0 Å². The molecule has 1 aromatic rings. The van der Waals surface area contributed by atoms with Crippen molar-refractivity contribution in [2.45, 2.75) is 33.1 Å². The van der Waals surface area contributed by atoms with Gasteiger partial charge in [0.15, 0.2) is 0 Å². The summed E-state index contributed by atoms with van der Waals surface area (Å²) in [5, 5.41) is 3.45. The van der Waals surface area contributed by atoms with Crippen LogP contribution < -0.4 is 5.32 Å². The Morgan fingerprint density at radius 3 is 2.71 bits per heavy atom. The standard InChI is InChI=1S/C14H21BrFN/c1-3-7-17-10-11(4-2)8-12-5-6-13(16)9-14(12)15/h5-6,9,11,17H,3-4,7-8,10H2,1-2H3. The largest absolute Gasteiger partial charge is 0.316 e. The van der Waals surface area contributed by atoms with Crippen LogP contribution in [0.3, 0.4) is 0 Å². The molecule has 1 rings (SSSR count). The van der Waals surface area contributed by atoms with E-state index < -0.39 is 0 Å². The normalized spacial score (nSPS) is 12.7. The second kappa shape index (κ2) is 7.83. The van der Waals surface area contributed by atoms with Gasteiger partial charge in [-0.3, -0.25) is 0 Å². The summed E-state index contributed by atoms with van der Waals surface area (Å²) in [6, 6.07) is 4.95. The average Bonchev–Trinajstić information content (AvgIpc) is 2.31. The third kappa shape index (κ3) is 5.17. The molecule has 0 aliphatic carbocycles. The Balaban J connectivity index is 2.54. The second-order valence-electron chi connectivity index (χ2n) is 4.42. The molecule has 0 aliphatic rings. The zero-order chi connectivity index (χ0) is 12.7. The first-order valence-electron chi connectivity index (χ1n) is 6.32. The highest BCUT2D eigenvalue weighted by atomic mass is 79.9. The van der Waals surface area contributed by atoms with Crippen molar-refractivity contribution in [2.24, 2.45) is 5.92 Å². The first kappa shape index (κ1) is 14.7. The Morgan fingerprint density at radius 2 is 2.12 bits per heavy atom. The van der Waals surface area contributed by atoms with Crippen LogP contribution in [0.25, 0.3) is 0 Å². The van der Waals surface area contributed by atoms with Crippen LogP contribution in [0, 0.1) is 11.7 Å². The molecule has 1 atom stereocenters. The lowest BCUT2D eigenvalue weighted by atomic mass is 9.97. The summed E-state index contributed by atoms with van der Waals surface area (Å²) in [5.41, 5.74) is 1.19. The van der Waals surface area contributed by atoms with Crippen LogP contribution in [0.15, 0.2) is 22.7 Å². The Morgan fingerprint density at radius 1 is 1.35 bits per heavy atom. The van der Waals surface area contributed by atoms with E-state index in [-0.39, 0.29) is 5.82 Å². The van der Waals surface area contributed by atoms with Crippen molar-refractivity contribution in [3.63, 3.8) is 0 Å². The van der Waals surface area contributed by atoms with Gasteiger partial charge in [-0.05, 0) is 49.5 Å². The molecule has 0 saturated heterocycles. The van der Waals surface area contributed by atoms with Crippen LogP contribution in [0.1, 0.15) is 32.3 Å². The summed E-state index contributed by atoms with van der Waals surface area (Å²) in [5.74, 6) is 0.432. The van der Waals surface area contributed by atoms with Crippen LogP contribution in [0.4, 0.5) is 4.39 Å². The highest BCUT2D eigenvalue weighted by Crippen LogP contribution is 2.22. The summed E-state index contributed by atoms with van der Waals surface area (Å²) < 4.78 is 13.9. The van der Waals surface area contributed by atoms with E-state index in [1.54, 1.807) is 6.07 Å². The van der Waals surface area contributed by atoms with Gasteiger partial charge < -0.3 is 5.32 Å². The molecule has 0 aliphatic heterocycles. The third-order valence-electron chi connectivity index (χ3n) is 2.96. The van der Waals surface area contributed by atoms with Gasteiger partial charge in [-0.15, -0.1) is 0 Å². The third-order valence-corrected chi connectivity index (χ3v) is 3.70. The average molecular weight is 302 g/mol. The van der Waals surface area contributed by atoms with Crippen molar-refractivity contribution in [2.75, 3.05) is 13.1 Å². The van der Waals surface area contributed by atoms with Gasteiger partial charge >= 0.3 is 0 Å². The van der Waals surface area contributed by atoms with Crippen molar-refractivity contribution in [1.82, 2.24) is 5.32 Å². The van der Waals surface area contributed by atoms with Crippen molar-refractivity contribution in [1.29, 1.82) is 0 Å². The second-order valence-corrected chi connectivity index (χ2v) is 5.27. The van der Waals surface area contributed by atoms with E-state index in [2.05, 4.69) is 35.1 Å². The van der Waals surface area contributed by atoms with Gasteiger partial charge in [-0.25, -0.2) is 4.39 Å². The molecule has 96 valence electrons. The molecule has 1 nitrogen and oxygen atoms in total. The molecular formula is C14H21BrFN. The number of nitrogens with one attached hydrogen (secondary N) is 1. The number of benzene rings is 1. The maximum Gasteiger partial charge on any atom is 0.124 e. The highest BCUT2D eigenvalue weighted by Gasteiger charge is 2.09. The molecule has 0 saturated carbocycles. The molecule has 0 heterocycles. The summed E-state index contributed by atoms with van der Waals surface area (Å²) in [7, 11) is 0. The van der Waals surface area contributed by atoms with E-state index in [1.165, 1.54) is 11.6 Å². The zero-order valence-electron chi connectivity index (χ0n) is 10.6. The van der Waals surface area contributed by atoms with E-state index >= 15 is 0 Å². The molecule has 0 aromatic heterocycles. The molecule has 0 bridgehead atoms. The van der Waals surface area contributed by atoms with Gasteiger partial charge in [-0.2, -0.15) is 0 Å². The van der Waals surface area contributed by atoms with Gasteiger partial charge in [0, 0.05) is 4.47 Å². The minimum absolute atomic E-state index is 0.183. The van der Waals surface area contributed by atoms with E-state index in [1.807, 2.05) is 6.07 Å². The molecular weight excluding hydrogens is 281 g/mol. The van der Waals surface area contributed by atoms with E-state index in [9.17, 15) is 4.39 Å². The number of hydrogen-bond donors (Lipinski definition) is 1. The van der Waals surface area contributed by atoms with E-state index in [0.717, 1.165) is 36.8 Å². The molecule has 17 heavy (non-hydrogen) atoms. The topological polar surface area (TPSA) is 12.0 Å². The lowest BCUT2D eigenvalue weighted by Crippen LogP contribution is -2.24. The Labute approximate surface area is 112 Å². The van der Waals surface area contributed by atoms with Gasteiger partial charge in [0.1, 0.15) is 5.82 Å². The fourth-order valence-corrected chi connectivity index (χ4v) is 2.35. The smallest absolute Gasteiger partial charge is 0.124 e. The number of hydrogen-bond acceptors (Lipinski definition) is 1. The van der Waals surface area contributed by atoms with Crippen LogP contribution >= 0.6 is 15.9 Å². The van der Waals surface area contributed by atoms with Gasteiger partial charge in [0.05, 0.1) is 0 Å². The molecule has 1 aromatic carbocycles. The number of rotatable bonds is 7. The first-order chi connectivity index (χ1) is 8.17. The Bertz CT molecular complexity index is 341. The lowest BCUT2D eigenvalue weighted by molar-refractivity contribution is 0.459. The summed E-state index contributed by atoms with van der Waals surface area (Å²) in [6.07, 6.45) is 3.30. The minimum atomic E-state index is -0.183. The number of halogens is 2. The monoisotopic (exact) mass is 301 g/mol. The van der Waals surface area contributed by atoms with Crippen LogP contribution in [0.5, 0.6) is 0 Å². The molecule has 1 unspecified atom stereocenters. The summed E-state index contributed by atoms with van der Waals surface area (Å²) in [6.45, 7) is 6.48. The maximum atomic E-state index is 13.0.